The van der Waals surface area contributed by atoms with E-state index in [1.165, 1.54) is 12.8 Å². The number of carboxylic acids is 1. The summed E-state index contributed by atoms with van der Waals surface area (Å²) in [4.78, 5) is 20.1. The smallest absolute Gasteiger partial charge is 0.430 e. The van der Waals surface area contributed by atoms with Gasteiger partial charge in [0.05, 0.1) is 19.0 Å². The highest BCUT2D eigenvalue weighted by atomic mass is 19.4. The molecule has 3 N–H and O–H groups in total. The van der Waals surface area contributed by atoms with Crippen molar-refractivity contribution in [3.63, 3.8) is 0 Å². The third-order valence-electron chi connectivity index (χ3n) is 2.70. The van der Waals surface area contributed by atoms with E-state index in [0.29, 0.717) is 17.9 Å². The average molecular weight is 268 g/mol. The van der Waals surface area contributed by atoms with E-state index in [1.54, 1.807) is 0 Å². The summed E-state index contributed by atoms with van der Waals surface area (Å²) < 4.78 is 31.5. The molecule has 1 amide bonds. The second kappa shape index (κ2) is 6.03. The molecule has 2 fully saturated rings. The molecule has 1 saturated carbocycles. The number of nitrogens with one attached hydrogen (secondary N) is 1. The van der Waals surface area contributed by atoms with Crippen LogP contribution in [-0.4, -0.2) is 37.2 Å². The molecule has 0 aromatic carbocycles. The summed E-state index contributed by atoms with van der Waals surface area (Å²) in [6.45, 7) is 2.13. The van der Waals surface area contributed by atoms with Crippen LogP contribution in [0.25, 0.3) is 0 Å². The quantitative estimate of drug-likeness (QED) is 0.616. The second-order valence-corrected chi connectivity index (χ2v) is 4.37. The normalized spacial score (nSPS) is 22.9. The topological polar surface area (TPSA) is 85.8 Å². The summed E-state index contributed by atoms with van der Waals surface area (Å²) in [5.74, 6) is -2.41. The zero-order chi connectivity index (χ0) is 13.8. The van der Waals surface area contributed by atoms with Gasteiger partial charge in [-0.2, -0.15) is 13.2 Å². The van der Waals surface area contributed by atoms with Gasteiger partial charge in [0.1, 0.15) is 5.97 Å². The van der Waals surface area contributed by atoms with Gasteiger partial charge in [0.15, 0.2) is 0 Å². The number of nitrogens with two attached hydrogens (primary N) is 1. The summed E-state index contributed by atoms with van der Waals surface area (Å²) >= 11 is 0. The number of carbonyl (C=O) groups excluding carboxylic acids is 2. The van der Waals surface area contributed by atoms with E-state index in [2.05, 4.69) is 10.6 Å². The van der Waals surface area contributed by atoms with E-state index >= 15 is 0 Å². The molecule has 2 aliphatic rings. The maximum Gasteiger partial charge on any atom is 0.430 e. The molecular formula is C10H15F3N2O3. The number of carbonyl (C=O) groups is 2. The highest BCUT2D eigenvalue weighted by molar-refractivity contribution is 5.79. The molecule has 0 radical (unpaired) electrons. The Morgan fingerprint density at radius 2 is 1.78 bits per heavy atom. The number of aliphatic carboxylic acids is 1. The lowest BCUT2D eigenvalue weighted by Crippen LogP contribution is -2.81. The minimum atomic E-state index is -5.19. The number of amides is 1. The van der Waals surface area contributed by atoms with Crippen molar-refractivity contribution in [2.45, 2.75) is 31.5 Å². The van der Waals surface area contributed by atoms with E-state index in [9.17, 15) is 18.0 Å². The Morgan fingerprint density at radius 1 is 1.22 bits per heavy atom. The van der Waals surface area contributed by atoms with Gasteiger partial charge in [-0.05, 0) is 12.8 Å². The first-order chi connectivity index (χ1) is 8.30. The van der Waals surface area contributed by atoms with Crippen molar-refractivity contribution in [1.29, 1.82) is 0 Å². The van der Waals surface area contributed by atoms with Crippen molar-refractivity contribution in [1.82, 2.24) is 5.32 Å². The van der Waals surface area contributed by atoms with Crippen LogP contribution in [0.4, 0.5) is 13.2 Å². The van der Waals surface area contributed by atoms with Gasteiger partial charge in [-0.25, -0.2) is 0 Å². The van der Waals surface area contributed by atoms with Crippen LogP contribution < -0.4 is 15.7 Å². The van der Waals surface area contributed by atoms with Crippen molar-refractivity contribution in [3.05, 3.63) is 0 Å². The molecular weight excluding hydrogens is 253 g/mol. The van der Waals surface area contributed by atoms with E-state index in [-0.39, 0.29) is 0 Å². The summed E-state index contributed by atoms with van der Waals surface area (Å²) in [7, 11) is 0. The Balaban J connectivity index is 0.000000203. The van der Waals surface area contributed by atoms with Crippen LogP contribution in [0.2, 0.25) is 0 Å². The molecule has 0 aromatic heterocycles. The highest BCUT2D eigenvalue weighted by Gasteiger charge is 2.30. The highest BCUT2D eigenvalue weighted by Crippen LogP contribution is 2.19. The van der Waals surface area contributed by atoms with Gasteiger partial charge in [0.2, 0.25) is 5.91 Å². The molecule has 1 atom stereocenters. The maximum atomic E-state index is 11.4. The summed E-state index contributed by atoms with van der Waals surface area (Å²) in [6.07, 6.45) is -1.73. The minimum Gasteiger partial charge on any atom is -0.542 e. The molecule has 0 spiro atoms. The molecule has 104 valence electrons. The van der Waals surface area contributed by atoms with Crippen LogP contribution in [0, 0.1) is 5.92 Å². The van der Waals surface area contributed by atoms with Crippen LogP contribution in [0.1, 0.15) is 19.3 Å². The van der Waals surface area contributed by atoms with Crippen molar-refractivity contribution < 1.29 is 33.2 Å². The van der Waals surface area contributed by atoms with Gasteiger partial charge >= 0.3 is 6.18 Å². The van der Waals surface area contributed by atoms with Gasteiger partial charge in [-0.3, -0.25) is 4.79 Å². The number of hydrogen-bond donors (Lipinski definition) is 2. The Labute approximate surface area is 102 Å². The fourth-order valence-electron chi connectivity index (χ4n) is 1.54. The SMILES string of the molecule is O=C(NC1CC1)[C@H]1CC[NH2+]C1.O=C([O-])C(F)(F)F. The second-order valence-electron chi connectivity index (χ2n) is 4.37. The third-order valence-corrected chi connectivity index (χ3v) is 2.70. The van der Waals surface area contributed by atoms with Crippen LogP contribution in [-0.2, 0) is 9.59 Å². The van der Waals surface area contributed by atoms with Gasteiger partial charge in [-0.15, -0.1) is 0 Å². The molecule has 0 unspecified atom stereocenters. The molecule has 0 bridgehead atoms. The van der Waals surface area contributed by atoms with Gasteiger partial charge in [-0.1, -0.05) is 0 Å². The Bertz CT molecular complexity index is 310. The van der Waals surface area contributed by atoms with Crippen LogP contribution in [0.5, 0.6) is 0 Å². The molecule has 1 aliphatic heterocycles. The monoisotopic (exact) mass is 268 g/mol. The van der Waals surface area contributed by atoms with E-state index in [1.807, 2.05) is 0 Å². The number of hydrogen-bond acceptors (Lipinski definition) is 3. The summed E-state index contributed by atoms with van der Waals surface area (Å²) in [5, 5.41) is 14.0. The molecule has 18 heavy (non-hydrogen) atoms. The molecule has 0 aromatic rings. The maximum absolute atomic E-state index is 11.4. The predicted molar refractivity (Wildman–Crippen MR) is 52.0 cm³/mol. The van der Waals surface area contributed by atoms with Gasteiger partial charge in [0.25, 0.3) is 0 Å². The van der Waals surface area contributed by atoms with Gasteiger partial charge < -0.3 is 20.5 Å². The molecule has 8 heteroatoms. The molecule has 1 aliphatic carbocycles. The first-order valence-corrected chi connectivity index (χ1v) is 5.71. The summed E-state index contributed by atoms with van der Waals surface area (Å²) in [5.41, 5.74) is 0. The van der Waals surface area contributed by atoms with Crippen molar-refractivity contribution >= 4 is 11.9 Å². The Hall–Kier alpha value is -1.31. The molecule has 1 heterocycles. The van der Waals surface area contributed by atoms with E-state index in [4.69, 9.17) is 9.90 Å². The van der Waals surface area contributed by atoms with Crippen molar-refractivity contribution in [2.24, 2.45) is 5.92 Å². The fourth-order valence-corrected chi connectivity index (χ4v) is 1.54. The van der Waals surface area contributed by atoms with Crippen LogP contribution in [0.3, 0.4) is 0 Å². The number of carboxylic acid groups (broad SMARTS) is 1. The lowest BCUT2D eigenvalue weighted by Gasteiger charge is -2.05. The van der Waals surface area contributed by atoms with Crippen LogP contribution in [0.15, 0.2) is 0 Å². The zero-order valence-electron chi connectivity index (χ0n) is 9.63. The fraction of sp³-hybridized carbons (Fsp3) is 0.800. The molecule has 1 saturated heterocycles. The van der Waals surface area contributed by atoms with Crippen molar-refractivity contribution in [2.75, 3.05) is 13.1 Å². The predicted octanol–water partition coefficient (Wildman–Crippen LogP) is -1.85. The number of halogens is 3. The first kappa shape index (κ1) is 14.7. The first-order valence-electron chi connectivity index (χ1n) is 5.71. The molecule has 5 nitrogen and oxygen atoms in total. The van der Waals surface area contributed by atoms with Crippen molar-refractivity contribution in [3.8, 4) is 0 Å². The third kappa shape index (κ3) is 5.35. The molecule has 2 rings (SSSR count). The largest absolute Gasteiger partial charge is 0.542 e. The lowest BCUT2D eigenvalue weighted by atomic mass is 10.1. The number of alkyl halides is 3. The Kier molecular flexibility index (Phi) is 4.94. The standard InChI is InChI=1S/C8H14N2O.C2HF3O2/c11-8(10-7-1-2-7)6-3-4-9-5-6;3-2(4,5)1(6)7/h6-7,9H,1-5H2,(H,10,11);(H,6,7)/t6-;/m0./s1. The van der Waals surface area contributed by atoms with E-state index in [0.717, 1.165) is 19.5 Å². The number of quaternary nitrogens is 1. The average Bonchev–Trinajstić information content (AvgIpc) is 2.90. The zero-order valence-corrected chi connectivity index (χ0v) is 9.63. The van der Waals surface area contributed by atoms with Crippen LogP contribution >= 0.6 is 0 Å². The lowest BCUT2D eigenvalue weighted by molar-refractivity contribution is -0.637. The summed E-state index contributed by atoms with van der Waals surface area (Å²) in [6, 6.07) is 0.531. The number of rotatable bonds is 2. The Morgan fingerprint density at radius 3 is 2.11 bits per heavy atom. The van der Waals surface area contributed by atoms with Gasteiger partial charge in [0, 0.05) is 12.5 Å². The minimum absolute atomic E-state index is 0.293. The van der Waals surface area contributed by atoms with E-state index < -0.39 is 12.1 Å².